The normalized spacial score (nSPS) is 17.2. The Kier molecular flexibility index (Phi) is 5.21. The third-order valence-electron chi connectivity index (χ3n) is 4.84. The molecule has 132 valence electrons. The summed E-state index contributed by atoms with van der Waals surface area (Å²) in [6, 6.07) is 15.1. The summed E-state index contributed by atoms with van der Waals surface area (Å²) in [7, 11) is 2.15. The van der Waals surface area contributed by atoms with Crippen LogP contribution in [0.4, 0.5) is 5.69 Å². The van der Waals surface area contributed by atoms with Gasteiger partial charge in [-0.25, -0.2) is 10.4 Å². The lowest BCUT2D eigenvalue weighted by molar-refractivity contribution is -0.117. The van der Waals surface area contributed by atoms with E-state index in [2.05, 4.69) is 60.7 Å². The molecule has 1 aliphatic rings. The summed E-state index contributed by atoms with van der Waals surface area (Å²) in [5.41, 5.74) is 9.32. The number of likely N-dealkylation sites (N-methyl/N-ethyl adjacent to an activating group) is 1. The van der Waals surface area contributed by atoms with E-state index >= 15 is 0 Å². The number of carbonyl (C=O) groups excluding carboxylic acids is 1. The minimum Gasteiger partial charge on any atom is -0.301 e. The Balaban J connectivity index is 2.08. The van der Waals surface area contributed by atoms with Crippen LogP contribution in [0.15, 0.2) is 42.5 Å². The van der Waals surface area contributed by atoms with Crippen LogP contribution in [0.5, 0.6) is 0 Å². The molecule has 1 unspecified atom stereocenters. The van der Waals surface area contributed by atoms with Crippen LogP contribution in [-0.4, -0.2) is 30.9 Å². The number of fused-ring (bicyclic) bond motifs is 1. The smallest absolute Gasteiger partial charge is 0.238 e. The van der Waals surface area contributed by atoms with Crippen molar-refractivity contribution in [3.63, 3.8) is 0 Å². The molecule has 3 rings (SSSR count). The molecule has 0 bridgehead atoms. The second-order valence-corrected chi connectivity index (χ2v) is 6.87. The average molecular weight is 337 g/mol. The Morgan fingerprint density at radius 3 is 2.60 bits per heavy atom. The Hall–Kier alpha value is -2.17. The van der Waals surface area contributed by atoms with Gasteiger partial charge in [0.1, 0.15) is 0 Å². The molecule has 0 aromatic heterocycles. The molecular weight excluding hydrogens is 310 g/mol. The van der Waals surface area contributed by atoms with Gasteiger partial charge in [-0.3, -0.25) is 4.79 Å². The number of anilines is 1. The van der Waals surface area contributed by atoms with Gasteiger partial charge in [0.05, 0.1) is 5.69 Å². The maximum atomic E-state index is 12.1. The van der Waals surface area contributed by atoms with Gasteiger partial charge in [0.2, 0.25) is 5.91 Å². The van der Waals surface area contributed by atoms with E-state index in [9.17, 15) is 4.79 Å². The summed E-state index contributed by atoms with van der Waals surface area (Å²) >= 11 is 0. The molecule has 0 radical (unpaired) electrons. The van der Waals surface area contributed by atoms with Gasteiger partial charge in [-0.05, 0) is 36.7 Å². The summed E-state index contributed by atoms with van der Waals surface area (Å²) in [5.74, 6) is 0.333. The largest absolute Gasteiger partial charge is 0.301 e. The van der Waals surface area contributed by atoms with Crippen molar-refractivity contribution in [2.75, 3.05) is 25.1 Å². The topological polar surface area (TPSA) is 35.6 Å². The van der Waals surface area contributed by atoms with Crippen molar-refractivity contribution in [1.82, 2.24) is 10.3 Å². The fourth-order valence-corrected chi connectivity index (χ4v) is 3.65. The Labute approximate surface area is 150 Å². The predicted molar refractivity (Wildman–Crippen MR) is 103 cm³/mol. The minimum absolute atomic E-state index is 0.00959. The van der Waals surface area contributed by atoms with Gasteiger partial charge < -0.3 is 4.90 Å². The lowest BCUT2D eigenvalue weighted by atomic mass is 9.84. The van der Waals surface area contributed by atoms with Crippen LogP contribution in [0, 0.1) is 6.92 Å². The van der Waals surface area contributed by atoms with Gasteiger partial charge in [-0.2, -0.15) is 0 Å². The fourth-order valence-electron chi connectivity index (χ4n) is 3.65. The molecule has 1 aliphatic heterocycles. The van der Waals surface area contributed by atoms with E-state index < -0.39 is 0 Å². The highest BCUT2D eigenvalue weighted by Gasteiger charge is 2.28. The van der Waals surface area contributed by atoms with Crippen LogP contribution < -0.4 is 10.4 Å². The van der Waals surface area contributed by atoms with E-state index in [1.165, 1.54) is 22.3 Å². The number of hydrogen-bond donors (Lipinski definition) is 1. The van der Waals surface area contributed by atoms with E-state index in [0.29, 0.717) is 12.5 Å². The van der Waals surface area contributed by atoms with Gasteiger partial charge in [0, 0.05) is 32.5 Å². The zero-order valence-corrected chi connectivity index (χ0v) is 15.5. The molecule has 0 saturated carbocycles. The van der Waals surface area contributed by atoms with Crippen LogP contribution in [0.1, 0.15) is 42.0 Å². The SMILES string of the molecule is CCNN(C(C)=O)c1cccc2c1CN(C)CC2c1ccc(C)cc1. The van der Waals surface area contributed by atoms with Crippen LogP contribution in [0.2, 0.25) is 0 Å². The molecule has 4 nitrogen and oxygen atoms in total. The number of carbonyl (C=O) groups is 1. The van der Waals surface area contributed by atoms with Crippen LogP contribution in [0.25, 0.3) is 0 Å². The van der Waals surface area contributed by atoms with Crippen molar-refractivity contribution in [3.8, 4) is 0 Å². The maximum Gasteiger partial charge on any atom is 0.238 e. The maximum absolute atomic E-state index is 12.1. The first kappa shape index (κ1) is 17.6. The number of hydrogen-bond acceptors (Lipinski definition) is 3. The second-order valence-electron chi connectivity index (χ2n) is 6.87. The highest BCUT2D eigenvalue weighted by atomic mass is 16.2. The highest BCUT2D eigenvalue weighted by molar-refractivity contribution is 5.91. The molecule has 1 heterocycles. The van der Waals surface area contributed by atoms with E-state index in [-0.39, 0.29) is 5.91 Å². The minimum atomic E-state index is 0.00959. The summed E-state index contributed by atoms with van der Waals surface area (Å²) < 4.78 is 0. The second kappa shape index (κ2) is 7.38. The first-order chi connectivity index (χ1) is 12.0. The molecule has 0 saturated heterocycles. The van der Waals surface area contributed by atoms with Gasteiger partial charge in [0.25, 0.3) is 0 Å². The molecule has 1 atom stereocenters. The standard InChI is InChI=1S/C21H27N3O/c1-5-22-24(16(3)25)21-8-6-7-18-19(13-23(4)14-20(18)21)17-11-9-15(2)10-12-17/h6-12,19,22H,5,13-14H2,1-4H3. The third kappa shape index (κ3) is 3.60. The zero-order valence-electron chi connectivity index (χ0n) is 15.5. The molecule has 0 fully saturated rings. The molecule has 2 aromatic carbocycles. The molecule has 1 N–H and O–H groups in total. The number of nitrogens with zero attached hydrogens (tertiary/aromatic N) is 2. The number of hydrazine groups is 1. The molecular formula is C21H27N3O. The summed E-state index contributed by atoms with van der Waals surface area (Å²) in [6.45, 7) is 8.27. The Bertz CT molecular complexity index is 754. The molecule has 0 spiro atoms. The summed E-state index contributed by atoms with van der Waals surface area (Å²) in [6.07, 6.45) is 0. The Morgan fingerprint density at radius 2 is 1.96 bits per heavy atom. The van der Waals surface area contributed by atoms with Crippen molar-refractivity contribution in [3.05, 3.63) is 64.7 Å². The zero-order chi connectivity index (χ0) is 18.0. The predicted octanol–water partition coefficient (Wildman–Crippen LogP) is 3.45. The Morgan fingerprint density at radius 1 is 1.24 bits per heavy atom. The highest BCUT2D eigenvalue weighted by Crippen LogP contribution is 2.37. The number of amides is 1. The molecule has 4 heteroatoms. The van der Waals surface area contributed by atoms with E-state index in [1.54, 1.807) is 11.9 Å². The lowest BCUT2D eigenvalue weighted by Gasteiger charge is -2.36. The van der Waals surface area contributed by atoms with Gasteiger partial charge in [-0.15, -0.1) is 0 Å². The fraction of sp³-hybridized carbons (Fsp3) is 0.381. The van der Waals surface area contributed by atoms with Gasteiger partial charge in [0.15, 0.2) is 0 Å². The third-order valence-corrected chi connectivity index (χ3v) is 4.84. The first-order valence-electron chi connectivity index (χ1n) is 8.92. The number of rotatable bonds is 4. The van der Waals surface area contributed by atoms with Gasteiger partial charge in [-0.1, -0.05) is 48.9 Å². The van der Waals surface area contributed by atoms with Crippen molar-refractivity contribution in [2.24, 2.45) is 0 Å². The molecule has 0 aliphatic carbocycles. The number of aryl methyl sites for hydroxylation is 1. The number of nitrogens with one attached hydrogen (secondary N) is 1. The van der Waals surface area contributed by atoms with Crippen molar-refractivity contribution in [2.45, 2.75) is 33.2 Å². The lowest BCUT2D eigenvalue weighted by Crippen LogP contribution is -2.43. The van der Waals surface area contributed by atoms with E-state index in [1.807, 2.05) is 13.0 Å². The molecule has 25 heavy (non-hydrogen) atoms. The molecule has 1 amide bonds. The van der Waals surface area contributed by atoms with Crippen molar-refractivity contribution in [1.29, 1.82) is 0 Å². The van der Waals surface area contributed by atoms with Crippen LogP contribution in [0.3, 0.4) is 0 Å². The van der Waals surface area contributed by atoms with Crippen LogP contribution >= 0.6 is 0 Å². The van der Waals surface area contributed by atoms with E-state index in [0.717, 1.165) is 18.8 Å². The quantitative estimate of drug-likeness (QED) is 0.868. The summed E-state index contributed by atoms with van der Waals surface area (Å²) in [5, 5.41) is 1.68. The summed E-state index contributed by atoms with van der Waals surface area (Å²) in [4.78, 5) is 14.5. The first-order valence-corrected chi connectivity index (χ1v) is 8.92. The van der Waals surface area contributed by atoms with Crippen molar-refractivity contribution < 1.29 is 4.79 Å². The molecule has 2 aromatic rings. The van der Waals surface area contributed by atoms with Gasteiger partial charge >= 0.3 is 0 Å². The van der Waals surface area contributed by atoms with Crippen LogP contribution in [-0.2, 0) is 11.3 Å². The van der Waals surface area contributed by atoms with E-state index in [4.69, 9.17) is 0 Å². The monoisotopic (exact) mass is 337 g/mol. The number of benzene rings is 2. The average Bonchev–Trinajstić information content (AvgIpc) is 2.59. The van der Waals surface area contributed by atoms with Crippen molar-refractivity contribution >= 4 is 11.6 Å².